The highest BCUT2D eigenvalue weighted by molar-refractivity contribution is 6.38. The number of hydrogen-bond donors (Lipinski definition) is 1. The maximum atomic E-state index is 14.2. The Morgan fingerprint density at radius 2 is 1.46 bits per heavy atom. The Balaban J connectivity index is 2.25. The van der Waals surface area contributed by atoms with Gasteiger partial charge >= 0.3 is 0 Å². The third kappa shape index (κ3) is 6.60. The largest absolute Gasteiger partial charge is 0.347 e. The molecule has 0 fully saturated rings. The highest BCUT2D eigenvalue weighted by Crippen LogP contribution is 2.33. The molecular formula is C30H36N4O5. The molecule has 0 saturated carbocycles. The van der Waals surface area contributed by atoms with Gasteiger partial charge in [-0.1, -0.05) is 74.5 Å². The molecule has 1 heterocycles. The van der Waals surface area contributed by atoms with Crippen LogP contribution in [0.5, 0.6) is 0 Å². The van der Waals surface area contributed by atoms with Gasteiger partial charge in [0.2, 0.25) is 17.6 Å². The zero-order chi connectivity index (χ0) is 28.9. The van der Waals surface area contributed by atoms with E-state index in [1.54, 1.807) is 82.3 Å². The molecule has 2 atom stereocenters. The number of amides is 4. The first-order valence-corrected chi connectivity index (χ1v) is 13.0. The summed E-state index contributed by atoms with van der Waals surface area (Å²) in [5.41, 5.74) is 1.51. The molecule has 9 heteroatoms. The minimum Gasteiger partial charge on any atom is -0.347 e. The molecule has 0 spiro atoms. The van der Waals surface area contributed by atoms with Crippen LogP contribution in [0.3, 0.4) is 0 Å². The fraction of sp³-hybridized carbons (Fsp3) is 0.367. The normalized spacial score (nSPS) is 16.2. The van der Waals surface area contributed by atoms with Gasteiger partial charge in [0.1, 0.15) is 12.1 Å². The van der Waals surface area contributed by atoms with Crippen LogP contribution in [0.25, 0.3) is 5.70 Å². The number of hydrogen-bond acceptors (Lipinski definition) is 5. The summed E-state index contributed by atoms with van der Waals surface area (Å²) in [5, 5.41) is 4.86. The van der Waals surface area contributed by atoms with Crippen molar-refractivity contribution >= 4 is 35.1 Å². The van der Waals surface area contributed by atoms with E-state index in [4.69, 9.17) is 0 Å². The molecule has 3 rings (SSSR count). The van der Waals surface area contributed by atoms with Gasteiger partial charge in [-0.05, 0) is 25.3 Å². The average Bonchev–Trinajstić information content (AvgIpc) is 2.88. The number of rotatable bonds is 9. The fourth-order valence-corrected chi connectivity index (χ4v) is 4.66. The summed E-state index contributed by atoms with van der Waals surface area (Å²) in [7, 11) is 0. The van der Waals surface area contributed by atoms with E-state index in [9.17, 15) is 24.0 Å². The Labute approximate surface area is 229 Å². The lowest BCUT2D eigenvalue weighted by atomic mass is 9.96. The lowest BCUT2D eigenvalue weighted by Gasteiger charge is -2.46. The van der Waals surface area contributed by atoms with E-state index < -0.39 is 35.6 Å². The van der Waals surface area contributed by atoms with Crippen molar-refractivity contribution in [2.24, 2.45) is 5.92 Å². The minimum atomic E-state index is -1.32. The van der Waals surface area contributed by atoms with E-state index in [2.05, 4.69) is 5.32 Å². The van der Waals surface area contributed by atoms with Crippen LogP contribution in [0, 0.1) is 5.92 Å². The summed E-state index contributed by atoms with van der Waals surface area (Å²) in [5.74, 6) is -3.49. The van der Waals surface area contributed by atoms with Crippen molar-refractivity contribution in [2.75, 3.05) is 0 Å². The molecule has 39 heavy (non-hydrogen) atoms. The van der Waals surface area contributed by atoms with Crippen molar-refractivity contribution in [3.8, 4) is 0 Å². The third-order valence-electron chi connectivity index (χ3n) is 6.37. The molecule has 0 saturated heterocycles. The van der Waals surface area contributed by atoms with Crippen molar-refractivity contribution in [3.63, 3.8) is 0 Å². The number of hydrazine groups is 1. The zero-order valence-corrected chi connectivity index (χ0v) is 23.3. The van der Waals surface area contributed by atoms with Crippen LogP contribution in [0.2, 0.25) is 0 Å². The van der Waals surface area contributed by atoms with E-state index in [0.29, 0.717) is 11.1 Å². The first-order chi connectivity index (χ1) is 18.4. The van der Waals surface area contributed by atoms with E-state index in [0.717, 1.165) is 5.01 Å². The first kappa shape index (κ1) is 29.3. The molecule has 1 N–H and O–H groups in total. The summed E-state index contributed by atoms with van der Waals surface area (Å²) in [6.45, 7) is 9.70. The van der Waals surface area contributed by atoms with Crippen LogP contribution in [-0.4, -0.2) is 62.5 Å². The van der Waals surface area contributed by atoms with Crippen LogP contribution >= 0.6 is 0 Å². The highest BCUT2D eigenvalue weighted by atomic mass is 16.2. The Morgan fingerprint density at radius 1 is 0.897 bits per heavy atom. The van der Waals surface area contributed by atoms with Gasteiger partial charge in [-0.25, -0.2) is 10.0 Å². The van der Waals surface area contributed by atoms with Crippen LogP contribution in [0.15, 0.2) is 66.9 Å². The summed E-state index contributed by atoms with van der Waals surface area (Å²) in [4.78, 5) is 68.3. The van der Waals surface area contributed by atoms with Gasteiger partial charge in [0.25, 0.3) is 11.8 Å². The predicted octanol–water partition coefficient (Wildman–Crippen LogP) is 3.17. The Kier molecular flexibility index (Phi) is 9.40. The Morgan fingerprint density at radius 3 is 1.95 bits per heavy atom. The molecule has 1 aliphatic heterocycles. The maximum absolute atomic E-state index is 14.2. The molecule has 1 aliphatic rings. The Bertz CT molecular complexity index is 1260. The second-order valence-corrected chi connectivity index (χ2v) is 10.2. The second kappa shape index (κ2) is 12.5. The molecular weight excluding hydrogens is 496 g/mol. The topological polar surface area (TPSA) is 107 Å². The highest BCUT2D eigenvalue weighted by Gasteiger charge is 2.46. The number of benzene rings is 2. The molecule has 2 aromatic carbocycles. The summed E-state index contributed by atoms with van der Waals surface area (Å²) < 4.78 is 0. The van der Waals surface area contributed by atoms with Gasteiger partial charge in [0, 0.05) is 38.1 Å². The van der Waals surface area contributed by atoms with E-state index in [1.165, 1.54) is 30.0 Å². The average molecular weight is 533 g/mol. The number of Topliss-reactive ketones (excluding diaryl/α,β-unsaturated/α-hetero) is 1. The van der Waals surface area contributed by atoms with Gasteiger partial charge in [-0.3, -0.25) is 24.0 Å². The number of carbonyl (C=O) groups excluding carboxylic acids is 5. The van der Waals surface area contributed by atoms with Crippen molar-refractivity contribution < 1.29 is 24.0 Å². The number of nitrogens with zero attached hydrogens (tertiary/aromatic N) is 3. The summed E-state index contributed by atoms with van der Waals surface area (Å²) in [6, 6.07) is 15.3. The SMILES string of the molecule is CC(=O)N1C=C(c2ccccc2)N(N(C(C)=O)C(Cc2ccccc2)C(=O)C(=O)NC(C)C)C(=O)C1C(C)C. The number of ketones is 1. The van der Waals surface area contributed by atoms with Crippen molar-refractivity contribution in [1.29, 1.82) is 0 Å². The van der Waals surface area contributed by atoms with E-state index in [-0.39, 0.29) is 30.0 Å². The molecule has 4 amide bonds. The van der Waals surface area contributed by atoms with Crippen LogP contribution in [0.1, 0.15) is 52.7 Å². The number of carbonyl (C=O) groups is 5. The van der Waals surface area contributed by atoms with Crippen molar-refractivity contribution in [1.82, 2.24) is 20.2 Å². The maximum Gasteiger partial charge on any atom is 0.289 e. The van der Waals surface area contributed by atoms with Crippen molar-refractivity contribution in [3.05, 3.63) is 78.0 Å². The third-order valence-corrected chi connectivity index (χ3v) is 6.37. The summed E-state index contributed by atoms with van der Waals surface area (Å²) >= 11 is 0. The van der Waals surface area contributed by atoms with Crippen LogP contribution in [-0.2, 0) is 30.4 Å². The van der Waals surface area contributed by atoms with Crippen molar-refractivity contribution in [2.45, 2.75) is 66.1 Å². The lowest BCUT2D eigenvalue weighted by Crippen LogP contribution is -2.64. The minimum absolute atomic E-state index is 0.000609. The molecule has 0 bridgehead atoms. The monoisotopic (exact) mass is 532 g/mol. The van der Waals surface area contributed by atoms with Gasteiger partial charge in [0.05, 0.1) is 5.70 Å². The molecule has 2 unspecified atom stereocenters. The van der Waals surface area contributed by atoms with Crippen LogP contribution < -0.4 is 5.32 Å². The van der Waals surface area contributed by atoms with E-state index >= 15 is 0 Å². The molecule has 206 valence electrons. The quantitative estimate of drug-likeness (QED) is 0.500. The van der Waals surface area contributed by atoms with E-state index in [1.807, 2.05) is 6.07 Å². The predicted molar refractivity (Wildman–Crippen MR) is 147 cm³/mol. The van der Waals surface area contributed by atoms with Gasteiger partial charge in [0.15, 0.2) is 0 Å². The lowest BCUT2D eigenvalue weighted by molar-refractivity contribution is -0.169. The van der Waals surface area contributed by atoms with Gasteiger partial charge < -0.3 is 10.2 Å². The molecule has 0 aliphatic carbocycles. The first-order valence-electron chi connectivity index (χ1n) is 13.0. The van der Waals surface area contributed by atoms with Crippen LogP contribution in [0.4, 0.5) is 0 Å². The second-order valence-electron chi connectivity index (χ2n) is 10.2. The molecule has 9 nitrogen and oxygen atoms in total. The Hall–Kier alpha value is -4.27. The number of nitrogens with one attached hydrogen (secondary N) is 1. The van der Waals surface area contributed by atoms with Gasteiger partial charge in [-0.2, -0.15) is 0 Å². The van der Waals surface area contributed by atoms with Gasteiger partial charge in [-0.15, -0.1) is 0 Å². The zero-order valence-electron chi connectivity index (χ0n) is 23.3. The smallest absolute Gasteiger partial charge is 0.289 e. The molecule has 2 aromatic rings. The summed E-state index contributed by atoms with van der Waals surface area (Å²) in [6.07, 6.45) is 1.54. The molecule has 0 aromatic heterocycles. The standard InChI is InChI=1S/C30H36N4O5/c1-19(2)27-30(39)34(26(18-32(27)21(5)35)24-15-11-8-12-16-24)33(22(6)36)25(17-23-13-9-7-10-14-23)28(37)29(38)31-20(3)4/h7-16,18-20,25,27H,17H2,1-6H3,(H,31,38). The fourth-order valence-electron chi connectivity index (χ4n) is 4.66. The molecule has 0 radical (unpaired) electrons.